The van der Waals surface area contributed by atoms with Gasteiger partial charge in [0.05, 0.1) is 37.3 Å². The Hall–Kier alpha value is -3.66. The molecule has 5 rings (SSSR count). The molecule has 1 amide bonds. The second-order valence-electron chi connectivity index (χ2n) is 8.32. The third-order valence-corrected chi connectivity index (χ3v) is 5.70. The van der Waals surface area contributed by atoms with E-state index in [1.807, 2.05) is 32.0 Å². The number of nitrogens with zero attached hydrogens (tertiary/aromatic N) is 5. The molecule has 3 aromatic rings. The van der Waals surface area contributed by atoms with Crippen molar-refractivity contribution >= 4 is 11.7 Å². The Kier molecular flexibility index (Phi) is 5.59. The number of morpholine rings is 1. The van der Waals surface area contributed by atoms with E-state index in [0.29, 0.717) is 49.1 Å². The number of aromatic nitrogens is 4. The van der Waals surface area contributed by atoms with Crippen LogP contribution in [0.15, 0.2) is 30.5 Å². The van der Waals surface area contributed by atoms with E-state index in [1.165, 1.54) is 0 Å². The van der Waals surface area contributed by atoms with Crippen molar-refractivity contribution in [1.82, 2.24) is 25.1 Å². The number of nitrogens with one attached hydrogen (secondary N) is 1. The first-order chi connectivity index (χ1) is 16.0. The minimum absolute atomic E-state index is 0.0709. The molecular formula is C23H26N6O4. The van der Waals surface area contributed by atoms with Gasteiger partial charge in [-0.1, -0.05) is 0 Å². The van der Waals surface area contributed by atoms with Crippen LogP contribution in [-0.4, -0.2) is 69.7 Å². The fourth-order valence-electron chi connectivity index (χ4n) is 4.11. The van der Waals surface area contributed by atoms with Crippen LogP contribution in [0, 0.1) is 0 Å². The van der Waals surface area contributed by atoms with Gasteiger partial charge >= 0.3 is 0 Å². The number of hydrogen-bond donors (Lipinski definition) is 2. The van der Waals surface area contributed by atoms with Gasteiger partial charge < -0.3 is 24.8 Å². The van der Waals surface area contributed by atoms with Gasteiger partial charge in [0, 0.05) is 31.1 Å². The number of rotatable bonds is 5. The van der Waals surface area contributed by atoms with Crippen LogP contribution in [0.5, 0.6) is 11.5 Å². The molecule has 2 aromatic heterocycles. The molecule has 0 aliphatic carbocycles. The van der Waals surface area contributed by atoms with Gasteiger partial charge in [-0.3, -0.25) is 9.36 Å². The van der Waals surface area contributed by atoms with Crippen molar-refractivity contribution in [1.29, 1.82) is 0 Å². The van der Waals surface area contributed by atoms with Crippen LogP contribution in [-0.2, 0) is 11.2 Å². The fraction of sp³-hybridized carbons (Fsp3) is 0.391. The number of hydrogen-bond acceptors (Lipinski definition) is 8. The number of carbonyl (C=O) groups excluding carboxylic acids is 1. The van der Waals surface area contributed by atoms with E-state index in [1.54, 1.807) is 16.8 Å². The SMILES string of the molecule is CC(C)NC(=O)c1nnc(-c2ccc3c(c2O)CCO3)n1-c1ccc(N2CCOCC2)nc1. The second-order valence-corrected chi connectivity index (χ2v) is 8.32. The lowest BCUT2D eigenvalue weighted by Crippen LogP contribution is -2.36. The molecule has 33 heavy (non-hydrogen) atoms. The molecule has 0 atom stereocenters. The molecule has 0 unspecified atom stereocenters. The first-order valence-electron chi connectivity index (χ1n) is 11.1. The molecule has 0 radical (unpaired) electrons. The van der Waals surface area contributed by atoms with Gasteiger partial charge in [-0.05, 0) is 38.1 Å². The molecule has 0 spiro atoms. The minimum Gasteiger partial charge on any atom is -0.507 e. The normalized spacial score (nSPS) is 15.4. The number of fused-ring (bicyclic) bond motifs is 1. The smallest absolute Gasteiger partial charge is 0.289 e. The maximum atomic E-state index is 12.9. The van der Waals surface area contributed by atoms with E-state index in [9.17, 15) is 9.90 Å². The summed E-state index contributed by atoms with van der Waals surface area (Å²) in [6.07, 6.45) is 2.30. The van der Waals surface area contributed by atoms with Gasteiger partial charge in [0.2, 0.25) is 5.82 Å². The summed E-state index contributed by atoms with van der Waals surface area (Å²) in [5.74, 6) is 1.71. The van der Waals surface area contributed by atoms with Crippen molar-refractivity contribution in [2.45, 2.75) is 26.3 Å². The third-order valence-electron chi connectivity index (χ3n) is 5.70. The van der Waals surface area contributed by atoms with Gasteiger partial charge in [-0.25, -0.2) is 4.98 Å². The molecule has 10 heteroatoms. The highest BCUT2D eigenvalue weighted by Crippen LogP contribution is 2.40. The van der Waals surface area contributed by atoms with Crippen molar-refractivity contribution in [3.05, 3.63) is 41.9 Å². The molecule has 0 saturated carbocycles. The number of phenols is 1. The summed E-state index contributed by atoms with van der Waals surface area (Å²) >= 11 is 0. The maximum Gasteiger partial charge on any atom is 0.289 e. The topological polar surface area (TPSA) is 115 Å². The number of aromatic hydroxyl groups is 1. The molecule has 1 fully saturated rings. The standard InChI is InChI=1S/C23H26N6O4/c1-14(2)25-23(31)22-27-26-21(17-4-5-18-16(20(17)30)7-10-33-18)29(22)15-3-6-19(24-13-15)28-8-11-32-12-9-28/h3-6,13-14,30H,7-12H2,1-2H3,(H,25,31). The zero-order valence-electron chi connectivity index (χ0n) is 18.6. The van der Waals surface area contributed by atoms with E-state index in [2.05, 4.69) is 25.4 Å². The lowest BCUT2D eigenvalue weighted by atomic mass is 10.1. The lowest BCUT2D eigenvalue weighted by molar-refractivity contribution is 0.0930. The summed E-state index contributed by atoms with van der Waals surface area (Å²) < 4.78 is 12.6. The predicted octanol–water partition coefficient (Wildman–Crippen LogP) is 1.94. The van der Waals surface area contributed by atoms with E-state index in [-0.39, 0.29) is 23.5 Å². The highest BCUT2D eigenvalue weighted by atomic mass is 16.5. The van der Waals surface area contributed by atoms with Crippen LogP contribution in [0.3, 0.4) is 0 Å². The number of amides is 1. The Bertz CT molecular complexity index is 1170. The van der Waals surface area contributed by atoms with E-state index < -0.39 is 0 Å². The van der Waals surface area contributed by atoms with Crippen LogP contribution in [0.25, 0.3) is 17.1 Å². The Morgan fingerprint density at radius 2 is 1.94 bits per heavy atom. The fourth-order valence-corrected chi connectivity index (χ4v) is 4.11. The third kappa shape index (κ3) is 3.97. The van der Waals surface area contributed by atoms with Crippen molar-refractivity contribution in [2.24, 2.45) is 0 Å². The van der Waals surface area contributed by atoms with Crippen LogP contribution in [0.2, 0.25) is 0 Å². The van der Waals surface area contributed by atoms with E-state index in [0.717, 1.165) is 24.5 Å². The molecule has 2 N–H and O–H groups in total. The van der Waals surface area contributed by atoms with Crippen LogP contribution < -0.4 is 15.0 Å². The van der Waals surface area contributed by atoms with Gasteiger partial charge in [-0.2, -0.15) is 0 Å². The number of carbonyl (C=O) groups is 1. The van der Waals surface area contributed by atoms with Crippen LogP contribution in [0.1, 0.15) is 30.0 Å². The quantitative estimate of drug-likeness (QED) is 0.606. The average Bonchev–Trinajstić information content (AvgIpc) is 3.47. The predicted molar refractivity (Wildman–Crippen MR) is 121 cm³/mol. The summed E-state index contributed by atoms with van der Waals surface area (Å²) in [5.41, 5.74) is 1.83. The second kappa shape index (κ2) is 8.70. The first-order valence-corrected chi connectivity index (χ1v) is 11.1. The minimum atomic E-state index is -0.356. The summed E-state index contributed by atoms with van der Waals surface area (Å²) in [7, 11) is 0. The monoisotopic (exact) mass is 450 g/mol. The Labute approximate surface area is 191 Å². The number of phenolic OH excluding ortho intramolecular Hbond substituents is 1. The van der Waals surface area contributed by atoms with E-state index in [4.69, 9.17) is 9.47 Å². The first kappa shape index (κ1) is 21.2. The highest BCUT2D eigenvalue weighted by molar-refractivity contribution is 5.92. The molecule has 1 aromatic carbocycles. The molecule has 2 aliphatic rings. The van der Waals surface area contributed by atoms with Gasteiger partial charge in [0.15, 0.2) is 5.82 Å². The van der Waals surface area contributed by atoms with Gasteiger partial charge in [-0.15, -0.1) is 10.2 Å². The number of benzene rings is 1. The molecule has 0 bridgehead atoms. The highest BCUT2D eigenvalue weighted by Gasteiger charge is 2.27. The Morgan fingerprint density at radius 3 is 2.67 bits per heavy atom. The summed E-state index contributed by atoms with van der Waals surface area (Å²) in [4.78, 5) is 19.7. The Balaban J connectivity index is 1.59. The zero-order chi connectivity index (χ0) is 22.9. The van der Waals surface area contributed by atoms with Gasteiger partial charge in [0.1, 0.15) is 17.3 Å². The summed E-state index contributed by atoms with van der Waals surface area (Å²) in [6.45, 7) is 7.16. The van der Waals surface area contributed by atoms with Crippen LogP contribution in [0.4, 0.5) is 5.82 Å². The van der Waals surface area contributed by atoms with E-state index >= 15 is 0 Å². The molecular weight excluding hydrogens is 424 g/mol. The van der Waals surface area contributed by atoms with Crippen molar-refractivity contribution < 1.29 is 19.4 Å². The molecule has 10 nitrogen and oxygen atoms in total. The van der Waals surface area contributed by atoms with Gasteiger partial charge in [0.25, 0.3) is 5.91 Å². The molecule has 1 saturated heterocycles. The lowest BCUT2D eigenvalue weighted by Gasteiger charge is -2.27. The molecule has 4 heterocycles. The van der Waals surface area contributed by atoms with Crippen molar-refractivity contribution in [3.63, 3.8) is 0 Å². The number of ether oxygens (including phenoxy) is 2. The average molecular weight is 450 g/mol. The number of pyridine rings is 1. The largest absolute Gasteiger partial charge is 0.507 e. The van der Waals surface area contributed by atoms with Crippen LogP contribution >= 0.6 is 0 Å². The maximum absolute atomic E-state index is 12.9. The number of anilines is 1. The molecule has 2 aliphatic heterocycles. The Morgan fingerprint density at radius 1 is 1.12 bits per heavy atom. The van der Waals surface area contributed by atoms with Crippen molar-refractivity contribution in [3.8, 4) is 28.6 Å². The van der Waals surface area contributed by atoms with Crippen molar-refractivity contribution in [2.75, 3.05) is 37.8 Å². The zero-order valence-corrected chi connectivity index (χ0v) is 18.6. The summed E-state index contributed by atoms with van der Waals surface area (Å²) in [5, 5.41) is 22.3. The molecule has 172 valence electrons. The summed E-state index contributed by atoms with van der Waals surface area (Å²) in [6, 6.07) is 7.26.